The van der Waals surface area contributed by atoms with Gasteiger partial charge in [-0.15, -0.1) is 0 Å². The van der Waals surface area contributed by atoms with Crippen LogP contribution in [0.2, 0.25) is 0 Å². The normalized spacial score (nSPS) is 35.6. The molecule has 1 heteroatoms. The van der Waals surface area contributed by atoms with Crippen molar-refractivity contribution in [3.8, 4) is 0 Å². The summed E-state index contributed by atoms with van der Waals surface area (Å²) < 4.78 is 0. The molecular formula is C47H89N. The molecule has 1 nitrogen and oxygen atoms in total. The van der Waals surface area contributed by atoms with Crippen molar-refractivity contribution in [2.24, 2.45) is 81.7 Å². The van der Waals surface area contributed by atoms with Gasteiger partial charge in [0.05, 0.1) is 0 Å². The smallest absolute Gasteiger partial charge is 0.00953 e. The maximum atomic E-state index is 7.32. The molecule has 0 radical (unpaired) electrons. The predicted molar refractivity (Wildman–Crippen MR) is 215 cm³/mol. The van der Waals surface area contributed by atoms with Gasteiger partial charge in [0.15, 0.2) is 0 Å². The lowest BCUT2D eigenvalue weighted by Crippen LogP contribution is -2.51. The maximum Gasteiger partial charge on any atom is 0.00953 e. The summed E-state index contributed by atoms with van der Waals surface area (Å²) in [5.41, 5.74) is 8.05. The zero-order valence-corrected chi connectivity index (χ0v) is 34.8. The van der Waals surface area contributed by atoms with E-state index in [1.807, 2.05) is 0 Å². The van der Waals surface area contributed by atoms with E-state index in [9.17, 15) is 0 Å². The lowest BCUT2D eigenvalue weighted by Gasteiger charge is -2.59. The van der Waals surface area contributed by atoms with Gasteiger partial charge in [-0.05, 0) is 159 Å². The minimum Gasteiger partial charge on any atom is -0.327 e. The van der Waals surface area contributed by atoms with E-state index in [4.69, 9.17) is 5.73 Å². The molecule has 48 heavy (non-hydrogen) atoms. The van der Waals surface area contributed by atoms with Crippen LogP contribution in [-0.2, 0) is 0 Å². The van der Waals surface area contributed by atoms with Gasteiger partial charge in [-0.25, -0.2) is 0 Å². The van der Waals surface area contributed by atoms with Crippen LogP contribution in [0.3, 0.4) is 0 Å². The third-order valence-electron chi connectivity index (χ3n) is 15.9. The molecule has 0 saturated heterocycles. The highest BCUT2D eigenvalue weighted by atomic mass is 14.7. The second kappa shape index (κ2) is 20.1. The van der Waals surface area contributed by atoms with Crippen molar-refractivity contribution in [2.75, 3.05) is 0 Å². The quantitative estimate of drug-likeness (QED) is 0.145. The van der Waals surface area contributed by atoms with Crippen LogP contribution in [0.4, 0.5) is 0 Å². The van der Waals surface area contributed by atoms with Crippen LogP contribution in [0.1, 0.15) is 205 Å². The fourth-order valence-corrected chi connectivity index (χ4v) is 12.7. The molecule has 4 fully saturated rings. The van der Waals surface area contributed by atoms with Crippen molar-refractivity contribution in [1.29, 1.82) is 0 Å². The number of fused-ring (bicyclic) bond motifs is 7. The van der Waals surface area contributed by atoms with E-state index < -0.39 is 0 Å². The van der Waals surface area contributed by atoms with Crippen molar-refractivity contribution < 1.29 is 0 Å². The van der Waals surface area contributed by atoms with E-state index in [1.54, 1.807) is 0 Å². The number of allylic oxidation sites excluding steroid dienone is 2. The Morgan fingerprint density at radius 2 is 1.58 bits per heavy atom. The van der Waals surface area contributed by atoms with Gasteiger partial charge in [0.2, 0.25) is 0 Å². The average molecular weight is 668 g/mol. The Hall–Kier alpha value is -0.300. The Morgan fingerprint density at radius 3 is 2.21 bits per heavy atom. The number of nitrogens with two attached hydrogens (primary N) is 1. The number of hydrogen-bond acceptors (Lipinski definition) is 1. The Kier molecular flexibility index (Phi) is 17.6. The molecule has 2 N–H and O–H groups in total. The zero-order valence-electron chi connectivity index (χ0n) is 34.8. The fraction of sp³-hybridized carbons (Fsp3) is 0.957. The molecule has 0 amide bonds. The Labute approximate surface area is 303 Å². The summed E-state index contributed by atoms with van der Waals surface area (Å²) >= 11 is 0. The monoisotopic (exact) mass is 668 g/mol. The first kappa shape index (κ1) is 42.1. The SMILES string of the molecule is CCC=CCC1C(C)CC(C)CC1C(CC)C1(CC(CCC)CC(N)C(C)(CC)CC)CCCCC(C)C2CCC1C(CCC(C)C)C2. The van der Waals surface area contributed by atoms with Gasteiger partial charge in [0.1, 0.15) is 0 Å². The topological polar surface area (TPSA) is 26.0 Å². The van der Waals surface area contributed by atoms with Gasteiger partial charge in [0.25, 0.3) is 0 Å². The van der Waals surface area contributed by atoms with Crippen LogP contribution in [0.15, 0.2) is 12.2 Å². The molecule has 0 aromatic heterocycles. The van der Waals surface area contributed by atoms with Crippen molar-refractivity contribution in [1.82, 2.24) is 0 Å². The molecule has 0 aliphatic heterocycles. The first-order chi connectivity index (χ1) is 22.9. The van der Waals surface area contributed by atoms with E-state index >= 15 is 0 Å². The van der Waals surface area contributed by atoms with E-state index in [0.717, 1.165) is 65.1 Å². The van der Waals surface area contributed by atoms with Gasteiger partial charge in [-0.3, -0.25) is 0 Å². The summed E-state index contributed by atoms with van der Waals surface area (Å²) in [6.45, 7) is 27.6. The summed E-state index contributed by atoms with van der Waals surface area (Å²) in [4.78, 5) is 0. The zero-order chi connectivity index (χ0) is 35.5. The van der Waals surface area contributed by atoms with Crippen LogP contribution >= 0.6 is 0 Å². The van der Waals surface area contributed by atoms with Crippen LogP contribution in [-0.4, -0.2) is 6.04 Å². The Morgan fingerprint density at radius 1 is 0.854 bits per heavy atom. The van der Waals surface area contributed by atoms with Crippen LogP contribution in [0.25, 0.3) is 0 Å². The Balaban J connectivity index is 2.21. The summed E-state index contributed by atoms with van der Waals surface area (Å²) in [7, 11) is 0. The summed E-state index contributed by atoms with van der Waals surface area (Å²) in [5.74, 6) is 9.56. The lowest BCUT2D eigenvalue weighted by molar-refractivity contribution is -0.0948. The van der Waals surface area contributed by atoms with Crippen LogP contribution in [0, 0.1) is 75.9 Å². The molecule has 0 aromatic carbocycles. The first-order valence-electron chi connectivity index (χ1n) is 22.3. The lowest BCUT2D eigenvalue weighted by atomic mass is 9.46. The standard InChI is InChI=1S/C47H89N/c1-12-17-18-23-41-37(10)29-35(8)30-42(41)43(14-3)47(33-38(21-13-2)31-45(48)46(11,15-4)16-5)28-20-19-22-36(9)39-26-27-44(47)40(32-39)25-24-34(6)7/h17-18,34-45H,12-16,19-33,48H2,1-11H3. The van der Waals surface area contributed by atoms with Crippen molar-refractivity contribution in [3.63, 3.8) is 0 Å². The third-order valence-corrected chi connectivity index (χ3v) is 15.9. The first-order valence-corrected chi connectivity index (χ1v) is 22.3. The average Bonchev–Trinajstić information content (AvgIpc) is 3.06. The van der Waals surface area contributed by atoms with Crippen molar-refractivity contribution >= 4 is 0 Å². The molecule has 2 bridgehead atoms. The summed E-state index contributed by atoms with van der Waals surface area (Å²) in [5, 5.41) is 0. The van der Waals surface area contributed by atoms with E-state index in [1.165, 1.54) is 128 Å². The molecule has 0 heterocycles. The second-order valence-corrected chi connectivity index (χ2v) is 19.4. The van der Waals surface area contributed by atoms with Gasteiger partial charge in [-0.2, -0.15) is 0 Å². The van der Waals surface area contributed by atoms with Gasteiger partial charge < -0.3 is 5.73 Å². The minimum absolute atomic E-state index is 0.262. The van der Waals surface area contributed by atoms with Crippen molar-refractivity contribution in [2.45, 2.75) is 211 Å². The predicted octanol–water partition coefficient (Wildman–Crippen LogP) is 14.7. The fourth-order valence-electron chi connectivity index (χ4n) is 12.7. The van der Waals surface area contributed by atoms with Crippen molar-refractivity contribution in [3.05, 3.63) is 12.2 Å². The van der Waals surface area contributed by atoms with Crippen LogP contribution in [0.5, 0.6) is 0 Å². The highest BCUT2D eigenvalue weighted by Gasteiger charge is 2.54. The van der Waals surface area contributed by atoms with Gasteiger partial charge >= 0.3 is 0 Å². The second-order valence-electron chi connectivity index (χ2n) is 19.4. The molecule has 4 saturated carbocycles. The molecule has 12 atom stereocenters. The largest absolute Gasteiger partial charge is 0.327 e. The van der Waals surface area contributed by atoms with Crippen LogP contribution < -0.4 is 5.73 Å². The molecule has 4 aliphatic rings. The molecule has 4 aliphatic carbocycles. The molecule has 4 rings (SSSR count). The molecule has 0 aromatic rings. The van der Waals surface area contributed by atoms with E-state index in [-0.39, 0.29) is 5.41 Å². The summed E-state index contributed by atoms with van der Waals surface area (Å²) in [6.07, 6.45) is 33.0. The summed E-state index contributed by atoms with van der Waals surface area (Å²) in [6, 6.07) is 0.315. The molecule has 0 spiro atoms. The maximum absolute atomic E-state index is 7.32. The molecule has 12 unspecified atom stereocenters. The van der Waals surface area contributed by atoms with Gasteiger partial charge in [0, 0.05) is 6.04 Å². The Bertz CT molecular complexity index is 899. The van der Waals surface area contributed by atoms with E-state index in [2.05, 4.69) is 88.3 Å². The van der Waals surface area contributed by atoms with E-state index in [0.29, 0.717) is 11.5 Å². The minimum atomic E-state index is 0.262. The third kappa shape index (κ3) is 10.6. The number of hydrogen-bond donors (Lipinski definition) is 1. The molecule has 282 valence electrons. The number of rotatable bonds is 18. The van der Waals surface area contributed by atoms with Gasteiger partial charge in [-0.1, -0.05) is 133 Å². The highest BCUT2D eigenvalue weighted by Crippen LogP contribution is 2.62. The molecular weight excluding hydrogens is 579 g/mol. The highest BCUT2D eigenvalue weighted by molar-refractivity contribution is 5.04.